The van der Waals surface area contributed by atoms with Gasteiger partial charge in [0.1, 0.15) is 0 Å². The largest absolute Gasteiger partial charge is 0.490 e. The first kappa shape index (κ1) is 30.5. The highest BCUT2D eigenvalue weighted by molar-refractivity contribution is 6.09. The number of aliphatic carboxylic acids is 1. The van der Waals surface area contributed by atoms with Crippen LogP contribution in [0.4, 0.5) is 18.9 Å². The van der Waals surface area contributed by atoms with Gasteiger partial charge in [0.05, 0.1) is 29.8 Å². The number of morpholine rings is 1. The first-order valence-corrected chi connectivity index (χ1v) is 14.7. The van der Waals surface area contributed by atoms with Gasteiger partial charge in [0.15, 0.2) is 0 Å². The number of para-hydroxylation sites is 1. The zero-order valence-electron chi connectivity index (χ0n) is 24.8. The van der Waals surface area contributed by atoms with E-state index >= 15 is 0 Å². The van der Waals surface area contributed by atoms with Crippen molar-refractivity contribution in [2.45, 2.75) is 43.3 Å². The van der Waals surface area contributed by atoms with Gasteiger partial charge in [-0.25, -0.2) is 4.79 Å². The highest BCUT2D eigenvalue weighted by Gasteiger charge is 2.65. The van der Waals surface area contributed by atoms with Crippen molar-refractivity contribution in [1.29, 1.82) is 0 Å². The Kier molecular flexibility index (Phi) is 7.78. The lowest BCUT2D eigenvalue weighted by atomic mass is 9.91. The highest BCUT2D eigenvalue weighted by Crippen LogP contribution is 2.65. The van der Waals surface area contributed by atoms with Crippen LogP contribution in [-0.2, 0) is 25.3 Å². The molecule has 3 heterocycles. The summed E-state index contributed by atoms with van der Waals surface area (Å²) in [6, 6.07) is 23.3. The summed E-state index contributed by atoms with van der Waals surface area (Å²) in [5.41, 5.74) is 7.18. The third-order valence-electron chi connectivity index (χ3n) is 9.14. The molecular formula is C34H33F3N4O4. The average Bonchev–Trinajstić information content (AvgIpc) is 3.56. The van der Waals surface area contributed by atoms with Gasteiger partial charge in [0.2, 0.25) is 5.91 Å². The van der Waals surface area contributed by atoms with Gasteiger partial charge in [0, 0.05) is 35.6 Å². The van der Waals surface area contributed by atoms with Gasteiger partial charge in [-0.3, -0.25) is 14.8 Å². The summed E-state index contributed by atoms with van der Waals surface area (Å²) < 4.78 is 37.3. The number of ether oxygens (including phenoxy) is 1. The molecule has 1 saturated carbocycles. The van der Waals surface area contributed by atoms with Gasteiger partial charge in [-0.1, -0.05) is 60.7 Å². The quantitative estimate of drug-likeness (QED) is 0.242. The number of nitrogens with zero attached hydrogens (tertiary/aromatic N) is 2. The number of carboxylic acid groups (broad SMARTS) is 1. The van der Waals surface area contributed by atoms with E-state index in [1.165, 1.54) is 11.1 Å². The normalized spacial score (nSPS) is 21.4. The number of hydrogen-bond acceptors (Lipinski definition) is 5. The molecule has 1 spiro atoms. The summed E-state index contributed by atoms with van der Waals surface area (Å²) in [5.74, 6) is -2.44. The number of aromatic amines is 1. The Hall–Kier alpha value is -4.48. The Morgan fingerprint density at radius 3 is 2.42 bits per heavy atom. The van der Waals surface area contributed by atoms with E-state index in [-0.39, 0.29) is 17.4 Å². The SMILES string of the molecule is CC(C)(c1ccc(/C=C/c2n[nH]c3cc([C@@H]4C[C@@]45C(=O)Nc4ccccc45)ccc23)cc1)N1CCOCC1.O=C(O)C(F)(F)F. The number of halogens is 3. The van der Waals surface area contributed by atoms with Crippen molar-refractivity contribution in [3.8, 4) is 0 Å². The lowest BCUT2D eigenvalue weighted by molar-refractivity contribution is -0.192. The van der Waals surface area contributed by atoms with Gasteiger partial charge >= 0.3 is 12.1 Å². The second-order valence-corrected chi connectivity index (χ2v) is 12.1. The number of rotatable bonds is 5. The average molecular weight is 619 g/mol. The number of hydrogen-bond donors (Lipinski definition) is 3. The third kappa shape index (κ3) is 5.73. The van der Waals surface area contributed by atoms with Crippen LogP contribution in [0.3, 0.4) is 0 Å². The van der Waals surface area contributed by atoms with Crippen LogP contribution >= 0.6 is 0 Å². The number of carbonyl (C=O) groups excluding carboxylic acids is 1. The zero-order valence-corrected chi connectivity index (χ0v) is 24.8. The van der Waals surface area contributed by atoms with Crippen molar-refractivity contribution in [1.82, 2.24) is 15.1 Å². The molecule has 3 aromatic carbocycles. The maximum Gasteiger partial charge on any atom is 0.490 e. The van der Waals surface area contributed by atoms with Gasteiger partial charge in [-0.05, 0) is 60.7 Å². The van der Waals surface area contributed by atoms with Gasteiger partial charge in [0.25, 0.3) is 0 Å². The molecule has 45 heavy (non-hydrogen) atoms. The maximum atomic E-state index is 12.9. The van der Waals surface area contributed by atoms with Crippen LogP contribution in [0.25, 0.3) is 23.1 Å². The number of fused-ring (bicyclic) bond motifs is 3. The lowest BCUT2D eigenvalue weighted by Crippen LogP contribution is -2.47. The number of anilines is 1. The first-order valence-electron chi connectivity index (χ1n) is 14.7. The van der Waals surface area contributed by atoms with Crippen LogP contribution in [0.2, 0.25) is 0 Å². The standard InChI is InChI=1S/C32H32N4O2.C2HF3O2/c1-31(2,36-15-17-38-18-16-36)23-11-7-21(8-12-23)9-14-27-24-13-10-22(19-29(24)35-34-27)26-20-32(26)25-5-3-4-6-28(25)33-30(32)37;3-2(4,5)1(6)7/h3-14,19,26H,15-18,20H2,1-2H3,(H,33,37)(H,34,35);(H,6,7)/b14-9+;/t26-,32-;/m0./s1. The van der Waals surface area contributed by atoms with Crippen molar-refractivity contribution in [3.63, 3.8) is 0 Å². The summed E-state index contributed by atoms with van der Waals surface area (Å²) in [6.07, 6.45) is -0.0504. The van der Waals surface area contributed by atoms with Crippen LogP contribution in [0.15, 0.2) is 66.7 Å². The van der Waals surface area contributed by atoms with Crippen molar-refractivity contribution in [3.05, 3.63) is 94.7 Å². The first-order chi connectivity index (χ1) is 21.4. The van der Waals surface area contributed by atoms with Gasteiger partial charge in [-0.15, -0.1) is 0 Å². The second kappa shape index (κ2) is 11.5. The molecule has 11 heteroatoms. The van der Waals surface area contributed by atoms with Crippen LogP contribution in [0, 0.1) is 0 Å². The maximum absolute atomic E-state index is 12.9. The number of benzene rings is 3. The Labute approximate surface area is 257 Å². The van der Waals surface area contributed by atoms with E-state index in [2.05, 4.69) is 94.9 Å². The van der Waals surface area contributed by atoms with E-state index in [1.54, 1.807) is 0 Å². The Morgan fingerprint density at radius 1 is 1.04 bits per heavy atom. The number of carboxylic acids is 1. The van der Waals surface area contributed by atoms with Crippen molar-refractivity contribution in [2.75, 3.05) is 31.6 Å². The summed E-state index contributed by atoms with van der Waals surface area (Å²) in [4.78, 5) is 24.3. The van der Waals surface area contributed by atoms with Crippen molar-refractivity contribution < 1.29 is 32.6 Å². The molecule has 1 aliphatic carbocycles. The fourth-order valence-electron chi connectivity index (χ4n) is 6.44. The van der Waals surface area contributed by atoms with Crippen LogP contribution < -0.4 is 5.32 Å². The molecule has 1 saturated heterocycles. The van der Waals surface area contributed by atoms with Crippen molar-refractivity contribution >= 4 is 40.6 Å². The second-order valence-electron chi connectivity index (χ2n) is 12.1. The molecule has 0 bridgehead atoms. The predicted octanol–water partition coefficient (Wildman–Crippen LogP) is 6.31. The number of aromatic nitrogens is 2. The molecule has 7 rings (SSSR count). The number of H-pyrrole nitrogens is 1. The van der Waals surface area contributed by atoms with Crippen LogP contribution in [0.5, 0.6) is 0 Å². The number of nitrogens with one attached hydrogen (secondary N) is 2. The molecule has 0 radical (unpaired) electrons. The monoisotopic (exact) mass is 618 g/mol. The topological polar surface area (TPSA) is 108 Å². The smallest absolute Gasteiger partial charge is 0.475 e. The van der Waals surface area contributed by atoms with E-state index in [9.17, 15) is 18.0 Å². The number of carbonyl (C=O) groups is 2. The third-order valence-corrected chi connectivity index (χ3v) is 9.14. The summed E-state index contributed by atoms with van der Waals surface area (Å²) in [7, 11) is 0. The molecule has 2 fully saturated rings. The molecule has 8 nitrogen and oxygen atoms in total. The fraction of sp³-hybridized carbons (Fsp3) is 0.324. The van der Waals surface area contributed by atoms with Crippen LogP contribution in [0.1, 0.15) is 54.1 Å². The molecule has 2 atom stereocenters. The van der Waals surface area contributed by atoms with E-state index in [4.69, 9.17) is 14.6 Å². The molecule has 1 aromatic heterocycles. The van der Waals surface area contributed by atoms with E-state index in [0.29, 0.717) is 0 Å². The predicted molar refractivity (Wildman–Crippen MR) is 165 cm³/mol. The summed E-state index contributed by atoms with van der Waals surface area (Å²) in [6.45, 7) is 8.10. The Balaban J connectivity index is 0.000000460. The Morgan fingerprint density at radius 2 is 1.73 bits per heavy atom. The zero-order chi connectivity index (χ0) is 32.0. The van der Waals surface area contributed by atoms with Crippen LogP contribution in [-0.4, -0.2) is 64.6 Å². The molecule has 2 aliphatic heterocycles. The van der Waals surface area contributed by atoms with Gasteiger partial charge in [-0.2, -0.15) is 18.3 Å². The summed E-state index contributed by atoms with van der Waals surface area (Å²) in [5, 5.41) is 19.1. The fourth-order valence-corrected chi connectivity index (χ4v) is 6.44. The Bertz CT molecular complexity index is 1770. The molecule has 1 amide bonds. The minimum absolute atomic E-state index is 0.0243. The molecular weight excluding hydrogens is 585 g/mol. The number of amides is 1. The van der Waals surface area contributed by atoms with Crippen molar-refractivity contribution in [2.24, 2.45) is 0 Å². The molecule has 4 aromatic rings. The molecule has 3 N–H and O–H groups in total. The molecule has 0 unspecified atom stereocenters. The lowest BCUT2D eigenvalue weighted by Gasteiger charge is -2.41. The van der Waals surface area contributed by atoms with E-state index < -0.39 is 17.6 Å². The van der Waals surface area contributed by atoms with E-state index in [1.807, 2.05) is 18.2 Å². The summed E-state index contributed by atoms with van der Waals surface area (Å²) >= 11 is 0. The highest BCUT2D eigenvalue weighted by atomic mass is 19.4. The minimum Gasteiger partial charge on any atom is -0.475 e. The molecule has 234 valence electrons. The minimum atomic E-state index is -5.08. The van der Waals surface area contributed by atoms with Gasteiger partial charge < -0.3 is 15.2 Å². The molecule has 3 aliphatic rings. The van der Waals surface area contributed by atoms with E-state index in [0.717, 1.165) is 66.1 Å². The number of alkyl halides is 3.